The first kappa shape index (κ1) is 13.3. The van der Waals surface area contributed by atoms with Gasteiger partial charge in [0.25, 0.3) is 0 Å². The summed E-state index contributed by atoms with van der Waals surface area (Å²) in [5.74, 6) is 3.33. The van der Waals surface area contributed by atoms with Gasteiger partial charge in [0.05, 0.1) is 0 Å². The molecule has 2 amide bonds. The van der Waals surface area contributed by atoms with Gasteiger partial charge in [0.2, 0.25) is 11.8 Å². The summed E-state index contributed by atoms with van der Waals surface area (Å²) in [6, 6.07) is -0.350. The van der Waals surface area contributed by atoms with Crippen LogP contribution in [0.3, 0.4) is 0 Å². The molecule has 0 N–H and O–H groups in total. The molecular weight excluding hydrogens is 260 g/mol. The lowest BCUT2D eigenvalue weighted by molar-refractivity contribution is -0.160. The predicted octanol–water partition coefficient (Wildman–Crippen LogP) is 1.35. The molecule has 5 heteroatoms. The number of hydrogen-bond donors (Lipinski definition) is 0. The lowest BCUT2D eigenvalue weighted by Crippen LogP contribution is -2.63. The fourth-order valence-corrected chi connectivity index (χ4v) is 4.85. The van der Waals surface area contributed by atoms with Crippen LogP contribution in [0.25, 0.3) is 0 Å². The van der Waals surface area contributed by atoms with Crippen LogP contribution in [-0.4, -0.2) is 58.3 Å². The molecule has 0 aromatic heterocycles. The van der Waals surface area contributed by atoms with Gasteiger partial charge >= 0.3 is 0 Å². The van der Waals surface area contributed by atoms with Crippen LogP contribution in [0.4, 0.5) is 0 Å². The van der Waals surface area contributed by atoms with Crippen LogP contribution in [0.1, 0.15) is 32.6 Å². The minimum atomic E-state index is -0.201. The van der Waals surface area contributed by atoms with Gasteiger partial charge in [-0.2, -0.15) is 11.8 Å². The standard InChI is InChI=1S/C14H22N2O2S/c1-2-11-13(17)15-6-3-4-12(15)14(18)16(11)8-10-5-7-19-9-10/h10-12H,2-9H2,1H3. The van der Waals surface area contributed by atoms with Crippen LogP contribution in [0, 0.1) is 5.92 Å². The van der Waals surface area contributed by atoms with Gasteiger partial charge in [-0.1, -0.05) is 6.92 Å². The van der Waals surface area contributed by atoms with Gasteiger partial charge in [0.15, 0.2) is 0 Å². The van der Waals surface area contributed by atoms with Crippen molar-refractivity contribution in [1.82, 2.24) is 9.80 Å². The van der Waals surface area contributed by atoms with E-state index in [4.69, 9.17) is 0 Å². The van der Waals surface area contributed by atoms with Crippen LogP contribution >= 0.6 is 11.8 Å². The smallest absolute Gasteiger partial charge is 0.246 e. The van der Waals surface area contributed by atoms with Crippen LogP contribution in [0.15, 0.2) is 0 Å². The molecule has 3 aliphatic rings. The van der Waals surface area contributed by atoms with E-state index in [2.05, 4.69) is 0 Å². The topological polar surface area (TPSA) is 40.6 Å². The van der Waals surface area contributed by atoms with Crippen molar-refractivity contribution in [3.63, 3.8) is 0 Å². The first-order chi connectivity index (χ1) is 9.22. The average Bonchev–Trinajstić information content (AvgIpc) is 3.07. The van der Waals surface area contributed by atoms with E-state index in [1.54, 1.807) is 0 Å². The van der Waals surface area contributed by atoms with E-state index in [0.29, 0.717) is 5.92 Å². The molecular formula is C14H22N2O2S. The first-order valence-corrected chi connectivity index (χ1v) is 8.56. The van der Waals surface area contributed by atoms with Gasteiger partial charge in [0, 0.05) is 13.1 Å². The number of thioether (sulfide) groups is 1. The Morgan fingerprint density at radius 2 is 2.11 bits per heavy atom. The fourth-order valence-electron chi connectivity index (χ4n) is 3.57. The molecule has 3 aliphatic heterocycles. The van der Waals surface area contributed by atoms with Crippen molar-refractivity contribution < 1.29 is 9.59 Å². The molecule has 0 spiro atoms. The zero-order chi connectivity index (χ0) is 13.4. The van der Waals surface area contributed by atoms with Crippen LogP contribution < -0.4 is 0 Å². The summed E-state index contributed by atoms with van der Waals surface area (Å²) in [5, 5.41) is 0. The number of amides is 2. The third-order valence-corrected chi connectivity index (χ3v) is 5.86. The lowest BCUT2D eigenvalue weighted by atomic mass is 10.00. The minimum Gasteiger partial charge on any atom is -0.329 e. The Hall–Kier alpha value is -0.710. The van der Waals surface area contributed by atoms with E-state index in [0.717, 1.165) is 38.1 Å². The normalized spacial score (nSPS) is 35.1. The molecule has 3 fully saturated rings. The van der Waals surface area contributed by atoms with Gasteiger partial charge in [-0.3, -0.25) is 9.59 Å². The summed E-state index contributed by atoms with van der Waals surface area (Å²) < 4.78 is 0. The predicted molar refractivity (Wildman–Crippen MR) is 76.0 cm³/mol. The highest BCUT2D eigenvalue weighted by Gasteiger charge is 2.47. The van der Waals surface area contributed by atoms with E-state index in [1.807, 2.05) is 28.5 Å². The second kappa shape index (κ2) is 5.35. The fraction of sp³-hybridized carbons (Fsp3) is 0.857. The number of fused-ring (bicyclic) bond motifs is 1. The molecule has 3 heterocycles. The van der Waals surface area contributed by atoms with E-state index < -0.39 is 0 Å². The third-order valence-electron chi connectivity index (χ3n) is 4.63. The molecule has 19 heavy (non-hydrogen) atoms. The Bertz CT molecular complexity index is 382. The molecule has 0 aliphatic carbocycles. The molecule has 0 radical (unpaired) electrons. The summed E-state index contributed by atoms with van der Waals surface area (Å²) in [7, 11) is 0. The quantitative estimate of drug-likeness (QED) is 0.784. The van der Waals surface area contributed by atoms with Gasteiger partial charge in [0.1, 0.15) is 12.1 Å². The van der Waals surface area contributed by atoms with Crippen molar-refractivity contribution in [2.75, 3.05) is 24.6 Å². The molecule has 0 aromatic rings. The van der Waals surface area contributed by atoms with Crippen molar-refractivity contribution >= 4 is 23.6 Å². The molecule has 4 nitrogen and oxygen atoms in total. The number of hydrogen-bond acceptors (Lipinski definition) is 3. The Balaban J connectivity index is 1.78. The van der Waals surface area contributed by atoms with Crippen molar-refractivity contribution in [2.45, 2.75) is 44.7 Å². The summed E-state index contributed by atoms with van der Waals surface area (Å²) in [6.45, 7) is 3.59. The van der Waals surface area contributed by atoms with E-state index in [9.17, 15) is 9.59 Å². The van der Waals surface area contributed by atoms with E-state index >= 15 is 0 Å². The van der Waals surface area contributed by atoms with Crippen molar-refractivity contribution in [1.29, 1.82) is 0 Å². The largest absolute Gasteiger partial charge is 0.329 e. The van der Waals surface area contributed by atoms with Crippen LogP contribution in [0.5, 0.6) is 0 Å². The highest BCUT2D eigenvalue weighted by atomic mass is 32.2. The maximum atomic E-state index is 12.6. The Kier molecular flexibility index (Phi) is 3.74. The van der Waals surface area contributed by atoms with Crippen molar-refractivity contribution in [2.24, 2.45) is 5.92 Å². The summed E-state index contributed by atoms with van der Waals surface area (Å²) in [6.07, 6.45) is 3.77. The average molecular weight is 282 g/mol. The maximum absolute atomic E-state index is 12.6. The van der Waals surface area contributed by atoms with Gasteiger partial charge in [-0.15, -0.1) is 0 Å². The second-order valence-corrected chi connectivity index (χ2v) is 6.98. The van der Waals surface area contributed by atoms with Crippen molar-refractivity contribution in [3.05, 3.63) is 0 Å². The molecule has 0 bridgehead atoms. The zero-order valence-electron chi connectivity index (χ0n) is 11.5. The second-order valence-electron chi connectivity index (χ2n) is 5.83. The highest BCUT2D eigenvalue weighted by molar-refractivity contribution is 7.99. The molecule has 0 saturated carbocycles. The molecule has 0 aromatic carbocycles. The minimum absolute atomic E-state index is 0.149. The monoisotopic (exact) mass is 282 g/mol. The Labute approximate surface area is 118 Å². The van der Waals surface area contributed by atoms with Crippen LogP contribution in [0.2, 0.25) is 0 Å². The maximum Gasteiger partial charge on any atom is 0.246 e. The number of rotatable bonds is 3. The van der Waals surface area contributed by atoms with E-state index in [1.165, 1.54) is 12.2 Å². The number of carbonyl (C=O) groups is 2. The molecule has 3 unspecified atom stereocenters. The first-order valence-electron chi connectivity index (χ1n) is 7.41. The Morgan fingerprint density at radius 3 is 2.79 bits per heavy atom. The third kappa shape index (κ3) is 2.26. The summed E-state index contributed by atoms with van der Waals surface area (Å²) in [4.78, 5) is 28.9. The summed E-state index contributed by atoms with van der Waals surface area (Å²) >= 11 is 1.97. The molecule has 106 valence electrons. The Morgan fingerprint density at radius 1 is 1.26 bits per heavy atom. The molecule has 3 rings (SSSR count). The zero-order valence-corrected chi connectivity index (χ0v) is 12.3. The van der Waals surface area contributed by atoms with Crippen LogP contribution in [-0.2, 0) is 9.59 Å². The number of piperazine rings is 1. The van der Waals surface area contributed by atoms with E-state index in [-0.39, 0.29) is 23.9 Å². The van der Waals surface area contributed by atoms with Gasteiger partial charge in [-0.05, 0) is 43.1 Å². The number of carbonyl (C=O) groups excluding carboxylic acids is 2. The molecule has 3 atom stereocenters. The van der Waals surface area contributed by atoms with Crippen molar-refractivity contribution in [3.8, 4) is 0 Å². The van der Waals surface area contributed by atoms with Gasteiger partial charge < -0.3 is 9.80 Å². The number of nitrogens with zero attached hydrogens (tertiary/aromatic N) is 2. The van der Waals surface area contributed by atoms with Gasteiger partial charge in [-0.25, -0.2) is 0 Å². The SMILES string of the molecule is CCC1C(=O)N2CCCC2C(=O)N1CC1CCSC1. The molecule has 3 saturated heterocycles. The highest BCUT2D eigenvalue weighted by Crippen LogP contribution is 2.31. The summed E-state index contributed by atoms with van der Waals surface area (Å²) in [5.41, 5.74) is 0. The lowest BCUT2D eigenvalue weighted by Gasteiger charge is -2.43.